The van der Waals surface area contributed by atoms with E-state index in [9.17, 15) is 18.4 Å². The number of oxazole rings is 1. The van der Waals surface area contributed by atoms with Crippen LogP contribution in [-0.2, 0) is 31.5 Å². The van der Waals surface area contributed by atoms with Crippen LogP contribution in [0, 0.1) is 0 Å². The van der Waals surface area contributed by atoms with Crippen LogP contribution in [0.2, 0.25) is 10.0 Å². The minimum Gasteiger partial charge on any atom is -0.465 e. The molecule has 0 aliphatic rings. The van der Waals surface area contributed by atoms with Crippen molar-refractivity contribution < 1.29 is 37.0 Å². The summed E-state index contributed by atoms with van der Waals surface area (Å²) in [6.45, 7) is 0.217. The van der Waals surface area contributed by atoms with Crippen LogP contribution in [0.5, 0.6) is 0 Å². The molecule has 8 nitrogen and oxygen atoms in total. The second-order valence-electron chi connectivity index (χ2n) is 8.09. The van der Waals surface area contributed by atoms with Crippen molar-refractivity contribution in [2.45, 2.75) is 12.7 Å². The van der Waals surface area contributed by atoms with Crippen molar-refractivity contribution in [3.63, 3.8) is 0 Å². The zero-order valence-corrected chi connectivity index (χ0v) is 23.9. The Morgan fingerprint density at radius 2 is 1.77 bits per heavy atom. The average Bonchev–Trinajstić information content (AvgIpc) is 3.44. The lowest BCUT2D eigenvalue weighted by atomic mass is 10.1. The molecular formula is C25H18BrCl2F2N2O6P. The molecule has 39 heavy (non-hydrogen) atoms. The third kappa shape index (κ3) is 6.87. The van der Waals surface area contributed by atoms with E-state index in [-0.39, 0.29) is 12.6 Å². The number of carbonyl (C=O) groups excluding carboxylic acids is 1. The number of carbonyl (C=O) groups is 1. The van der Waals surface area contributed by atoms with E-state index < -0.39 is 19.7 Å². The molecule has 0 fully saturated rings. The summed E-state index contributed by atoms with van der Waals surface area (Å²) in [5, 5.41) is 0.676. The molecule has 0 radical (unpaired) electrons. The van der Waals surface area contributed by atoms with Crippen LogP contribution in [0.3, 0.4) is 0 Å². The van der Waals surface area contributed by atoms with Gasteiger partial charge in [-0.05, 0) is 56.6 Å². The molecule has 3 aromatic carbocycles. The number of hydrogen-bond donors (Lipinski definition) is 0. The number of hydrogen-bond acceptors (Lipinski definition) is 8. The summed E-state index contributed by atoms with van der Waals surface area (Å²) in [6.07, 6.45) is 0.909. The maximum atomic E-state index is 12.5. The number of esters is 1. The monoisotopic (exact) mass is 660 g/mol. The molecule has 1 aromatic heterocycles. The summed E-state index contributed by atoms with van der Waals surface area (Å²) in [4.78, 5) is 17.9. The van der Waals surface area contributed by atoms with E-state index in [1.165, 1.54) is 19.4 Å². The second-order valence-corrected chi connectivity index (χ2v) is 11.6. The highest BCUT2D eigenvalue weighted by Crippen LogP contribution is 2.53. The van der Waals surface area contributed by atoms with Gasteiger partial charge in [0.05, 0.1) is 41.6 Å². The number of ether oxygens (including phenoxy) is 1. The van der Waals surface area contributed by atoms with Gasteiger partial charge >= 0.3 is 19.6 Å². The molecule has 0 saturated heterocycles. The first-order valence-corrected chi connectivity index (χ1v) is 14.3. The molecule has 0 atom stereocenters. The Hall–Kier alpha value is -2.79. The molecule has 0 aliphatic heterocycles. The minimum absolute atomic E-state index is 0.217. The molecule has 0 aliphatic carbocycles. The third-order valence-electron chi connectivity index (χ3n) is 5.56. The fourth-order valence-electron chi connectivity index (χ4n) is 3.60. The summed E-state index contributed by atoms with van der Waals surface area (Å²) in [5.74, 6) is -0.0174. The fourth-order valence-corrected chi connectivity index (χ4v) is 5.49. The number of aromatic nitrogens is 1. The van der Waals surface area contributed by atoms with Crippen molar-refractivity contribution in [2.75, 3.05) is 12.0 Å². The van der Waals surface area contributed by atoms with Gasteiger partial charge in [-0.3, -0.25) is 9.46 Å². The van der Waals surface area contributed by atoms with Gasteiger partial charge < -0.3 is 9.15 Å². The first-order chi connectivity index (χ1) is 18.7. The van der Waals surface area contributed by atoms with Crippen molar-refractivity contribution in [1.82, 2.24) is 4.98 Å². The van der Waals surface area contributed by atoms with Gasteiger partial charge in [-0.2, -0.15) is 0 Å². The van der Waals surface area contributed by atoms with Crippen molar-refractivity contribution in [1.29, 1.82) is 0 Å². The maximum Gasteiger partial charge on any atom is 0.399 e. The number of nitrogens with zero attached hydrogens (tertiary/aromatic N) is 2. The van der Waals surface area contributed by atoms with Crippen LogP contribution in [-0.4, -0.2) is 18.1 Å². The Labute approximate surface area is 239 Å². The van der Waals surface area contributed by atoms with Gasteiger partial charge in [0.25, 0.3) is 0 Å². The van der Waals surface area contributed by atoms with Gasteiger partial charge in [-0.15, -0.1) is 9.46 Å². The normalized spacial score (nSPS) is 11.4. The van der Waals surface area contributed by atoms with Crippen LogP contribution in [0.4, 0.5) is 20.8 Å². The standard InChI is InChI=1S/C25H18BrCl2F2N2O6P/c1-35-24(33)17-6-4-16(5-7-17)23-12-31-25(36-23)32(19-8-9-21(27)22(28)11-19)13-15-2-3-18(20(26)10-15)14-39(34,37-29)38-30/h2-12H,13-14H2,1H3. The van der Waals surface area contributed by atoms with Gasteiger partial charge in [0.15, 0.2) is 5.76 Å². The van der Waals surface area contributed by atoms with Crippen LogP contribution >= 0.6 is 46.7 Å². The number of benzene rings is 3. The van der Waals surface area contributed by atoms with E-state index >= 15 is 0 Å². The van der Waals surface area contributed by atoms with E-state index in [1.807, 2.05) is 0 Å². The van der Waals surface area contributed by atoms with E-state index in [1.54, 1.807) is 59.5 Å². The quantitative estimate of drug-likeness (QED) is 0.123. The summed E-state index contributed by atoms with van der Waals surface area (Å²) >= 11 is 15.7. The first kappa shape index (κ1) is 29.2. The Kier molecular flexibility index (Phi) is 9.43. The van der Waals surface area contributed by atoms with Crippen molar-refractivity contribution >= 4 is 64.4 Å². The number of methoxy groups -OCH3 is 1. The minimum atomic E-state index is -4.57. The maximum absolute atomic E-state index is 12.5. The molecule has 0 N–H and O–H groups in total. The number of rotatable bonds is 10. The average molecular weight is 662 g/mol. The second kappa shape index (κ2) is 12.6. The lowest BCUT2D eigenvalue weighted by molar-refractivity contribution is -0.0881. The lowest BCUT2D eigenvalue weighted by Crippen LogP contribution is -2.17. The summed E-state index contributed by atoms with van der Waals surface area (Å²) in [7, 11) is -3.26. The van der Waals surface area contributed by atoms with E-state index in [0.29, 0.717) is 42.7 Å². The predicted molar refractivity (Wildman–Crippen MR) is 145 cm³/mol. The number of anilines is 2. The molecule has 4 aromatic rings. The fraction of sp³-hybridized carbons (Fsp3) is 0.120. The SMILES string of the molecule is COC(=O)c1ccc(-c2cnc(N(Cc3ccc(CP(=O)(OF)OF)c(Br)c3)c3ccc(Cl)c(Cl)c3)o2)cc1. The smallest absolute Gasteiger partial charge is 0.399 e. The zero-order valence-electron chi connectivity index (χ0n) is 19.9. The highest BCUT2D eigenvalue weighted by Gasteiger charge is 2.29. The summed E-state index contributed by atoms with van der Waals surface area (Å²) in [6, 6.07) is 16.7. The Bertz CT molecular complexity index is 1530. The molecule has 0 saturated carbocycles. The van der Waals surface area contributed by atoms with Gasteiger partial charge in [0.1, 0.15) is 0 Å². The molecule has 14 heteroatoms. The summed E-state index contributed by atoms with van der Waals surface area (Å²) in [5.41, 5.74) is 2.70. The van der Waals surface area contributed by atoms with Crippen LogP contribution < -0.4 is 4.90 Å². The molecule has 204 valence electrons. The van der Waals surface area contributed by atoms with E-state index in [0.717, 1.165) is 5.56 Å². The Balaban J connectivity index is 1.66. The highest BCUT2D eigenvalue weighted by atomic mass is 79.9. The first-order valence-electron chi connectivity index (χ1n) is 11.0. The molecule has 1 heterocycles. The largest absolute Gasteiger partial charge is 0.465 e. The van der Waals surface area contributed by atoms with Gasteiger partial charge in [-0.25, -0.2) is 9.78 Å². The Morgan fingerprint density at radius 1 is 1.05 bits per heavy atom. The topological polar surface area (TPSA) is 91.1 Å². The van der Waals surface area contributed by atoms with Crippen LogP contribution in [0.15, 0.2) is 75.8 Å². The summed E-state index contributed by atoms with van der Waals surface area (Å²) < 4.78 is 54.5. The third-order valence-corrected chi connectivity index (χ3v) is 8.19. The van der Waals surface area contributed by atoms with Crippen LogP contribution in [0.1, 0.15) is 21.5 Å². The van der Waals surface area contributed by atoms with Crippen molar-refractivity contribution in [3.05, 3.63) is 98.1 Å². The molecule has 4 rings (SSSR count). The van der Waals surface area contributed by atoms with Crippen LogP contribution in [0.25, 0.3) is 11.3 Å². The Morgan fingerprint density at radius 3 is 2.38 bits per heavy atom. The predicted octanol–water partition coefficient (Wildman–Crippen LogP) is 9.03. The molecular weight excluding hydrogens is 644 g/mol. The van der Waals surface area contributed by atoms with Crippen molar-refractivity contribution in [2.24, 2.45) is 0 Å². The number of halogens is 5. The lowest BCUT2D eigenvalue weighted by Gasteiger charge is -2.22. The zero-order chi connectivity index (χ0) is 28.2. The molecule has 0 amide bonds. The highest BCUT2D eigenvalue weighted by molar-refractivity contribution is 9.10. The van der Waals surface area contributed by atoms with E-state index in [4.69, 9.17) is 32.4 Å². The molecule has 0 bridgehead atoms. The van der Waals surface area contributed by atoms with Gasteiger partial charge in [-0.1, -0.05) is 63.4 Å². The van der Waals surface area contributed by atoms with Gasteiger partial charge in [0.2, 0.25) is 0 Å². The molecule has 0 unspecified atom stereocenters. The van der Waals surface area contributed by atoms with Gasteiger partial charge in [0, 0.05) is 15.7 Å². The van der Waals surface area contributed by atoms with Crippen molar-refractivity contribution in [3.8, 4) is 11.3 Å². The molecule has 0 spiro atoms. The van der Waals surface area contributed by atoms with E-state index in [2.05, 4.69) is 30.4 Å².